The summed E-state index contributed by atoms with van der Waals surface area (Å²) in [5.74, 6) is 0.363. The summed E-state index contributed by atoms with van der Waals surface area (Å²) >= 11 is 7.02. The molecule has 2 rings (SSSR count). The van der Waals surface area contributed by atoms with Crippen LogP contribution in [0.5, 0.6) is 0 Å². The highest BCUT2D eigenvalue weighted by molar-refractivity contribution is 7.91. The number of hydrogen-bond donors (Lipinski definition) is 0. The van der Waals surface area contributed by atoms with Crippen LogP contribution in [0.4, 0.5) is 0 Å². The lowest BCUT2D eigenvalue weighted by Gasteiger charge is -2.25. The van der Waals surface area contributed by atoms with E-state index >= 15 is 0 Å². The van der Waals surface area contributed by atoms with Gasteiger partial charge in [-0.1, -0.05) is 13.8 Å². The number of sulfonamides is 1. The summed E-state index contributed by atoms with van der Waals surface area (Å²) in [6, 6.07) is 3.80. The number of halogens is 1. The first-order valence-electron chi connectivity index (χ1n) is 6.91. The van der Waals surface area contributed by atoms with Crippen LogP contribution in [0.3, 0.4) is 0 Å². The van der Waals surface area contributed by atoms with Gasteiger partial charge >= 0.3 is 0 Å². The molecule has 4 nitrogen and oxygen atoms in total. The SMILES string of the molecule is CCN(CC)C1CCN(S(=O)(=O)c2ccc(CCl)s2)C1. The van der Waals surface area contributed by atoms with Gasteiger partial charge in [-0.25, -0.2) is 8.42 Å². The predicted octanol–water partition coefficient (Wildman–Crippen LogP) is 2.59. The lowest BCUT2D eigenvalue weighted by molar-refractivity contribution is 0.225. The molecule has 7 heteroatoms. The maximum absolute atomic E-state index is 12.6. The maximum atomic E-state index is 12.6. The van der Waals surface area contributed by atoms with Crippen molar-refractivity contribution in [2.75, 3.05) is 26.2 Å². The Morgan fingerprint density at radius 2 is 2.10 bits per heavy atom. The molecule has 1 aromatic rings. The summed E-state index contributed by atoms with van der Waals surface area (Å²) in [4.78, 5) is 3.22. The number of nitrogens with zero attached hydrogens (tertiary/aromatic N) is 2. The van der Waals surface area contributed by atoms with Gasteiger partial charge in [0.2, 0.25) is 0 Å². The molecule has 0 bridgehead atoms. The van der Waals surface area contributed by atoms with Crippen molar-refractivity contribution in [3.63, 3.8) is 0 Å². The van der Waals surface area contributed by atoms with Crippen molar-refractivity contribution < 1.29 is 8.42 Å². The summed E-state index contributed by atoms with van der Waals surface area (Å²) in [5, 5.41) is 0. The van der Waals surface area contributed by atoms with Crippen molar-refractivity contribution in [2.24, 2.45) is 0 Å². The third kappa shape index (κ3) is 3.20. The summed E-state index contributed by atoms with van der Waals surface area (Å²) in [5.41, 5.74) is 0. The van der Waals surface area contributed by atoms with Gasteiger partial charge in [-0.3, -0.25) is 4.90 Å². The van der Waals surface area contributed by atoms with Crippen LogP contribution < -0.4 is 0 Å². The van der Waals surface area contributed by atoms with Crippen molar-refractivity contribution >= 4 is 33.0 Å². The molecule has 0 N–H and O–H groups in total. The molecule has 0 saturated carbocycles. The number of rotatable bonds is 6. The molecule has 1 fully saturated rings. The highest BCUT2D eigenvalue weighted by Gasteiger charge is 2.35. The van der Waals surface area contributed by atoms with E-state index in [4.69, 9.17) is 11.6 Å². The fourth-order valence-electron chi connectivity index (χ4n) is 2.66. The van der Waals surface area contributed by atoms with E-state index in [0.717, 1.165) is 24.4 Å². The van der Waals surface area contributed by atoms with Gasteiger partial charge in [-0.15, -0.1) is 22.9 Å². The second-order valence-corrected chi connectivity index (χ2v) is 8.48. The lowest BCUT2D eigenvalue weighted by atomic mass is 10.2. The molecule has 0 radical (unpaired) electrons. The number of thiophene rings is 1. The van der Waals surface area contributed by atoms with Crippen LogP contribution in [-0.4, -0.2) is 49.8 Å². The predicted molar refractivity (Wildman–Crippen MR) is 84.0 cm³/mol. The summed E-state index contributed by atoms with van der Waals surface area (Å²) in [7, 11) is -3.34. The average Bonchev–Trinajstić information content (AvgIpc) is 3.09. The lowest BCUT2D eigenvalue weighted by Crippen LogP contribution is -2.38. The van der Waals surface area contributed by atoms with E-state index < -0.39 is 10.0 Å². The molecule has 114 valence electrons. The Balaban J connectivity index is 2.12. The molecule has 0 aromatic carbocycles. The normalized spacial score (nSPS) is 20.9. The monoisotopic (exact) mass is 336 g/mol. The van der Waals surface area contributed by atoms with E-state index in [0.29, 0.717) is 29.2 Å². The Hall–Kier alpha value is -0.140. The van der Waals surface area contributed by atoms with Gasteiger partial charge in [0.1, 0.15) is 4.21 Å². The van der Waals surface area contributed by atoms with Crippen LogP contribution in [0.25, 0.3) is 0 Å². The molecular formula is C13H21ClN2O2S2. The van der Waals surface area contributed by atoms with Gasteiger partial charge in [0, 0.05) is 24.0 Å². The van der Waals surface area contributed by atoms with Gasteiger partial charge < -0.3 is 0 Å². The molecule has 20 heavy (non-hydrogen) atoms. The second-order valence-electron chi connectivity index (χ2n) is 4.88. The van der Waals surface area contributed by atoms with E-state index in [1.165, 1.54) is 11.3 Å². The molecule has 1 aromatic heterocycles. The first-order chi connectivity index (χ1) is 9.52. The van der Waals surface area contributed by atoms with Crippen LogP contribution in [0.1, 0.15) is 25.1 Å². The summed E-state index contributed by atoms with van der Waals surface area (Å²) < 4.78 is 27.2. The van der Waals surface area contributed by atoms with Crippen LogP contribution >= 0.6 is 22.9 Å². The zero-order valence-corrected chi connectivity index (χ0v) is 14.3. The molecule has 1 unspecified atom stereocenters. The molecule has 1 aliphatic rings. The van der Waals surface area contributed by atoms with Crippen LogP contribution in [0, 0.1) is 0 Å². The zero-order valence-electron chi connectivity index (χ0n) is 11.9. The Morgan fingerprint density at radius 3 is 2.65 bits per heavy atom. The fraction of sp³-hybridized carbons (Fsp3) is 0.692. The van der Waals surface area contributed by atoms with E-state index in [1.54, 1.807) is 16.4 Å². The molecule has 2 heterocycles. The van der Waals surface area contributed by atoms with Crippen molar-refractivity contribution in [3.8, 4) is 0 Å². The van der Waals surface area contributed by atoms with Crippen molar-refractivity contribution in [2.45, 2.75) is 36.4 Å². The first-order valence-corrected chi connectivity index (χ1v) is 9.70. The van der Waals surface area contributed by atoms with Crippen molar-refractivity contribution in [3.05, 3.63) is 17.0 Å². The largest absolute Gasteiger partial charge is 0.300 e. The highest BCUT2D eigenvalue weighted by Crippen LogP contribution is 2.29. The third-order valence-electron chi connectivity index (χ3n) is 3.82. The average molecular weight is 337 g/mol. The van der Waals surface area contributed by atoms with Gasteiger partial charge in [-0.05, 0) is 31.6 Å². The molecule has 0 amide bonds. The van der Waals surface area contributed by atoms with E-state index in [2.05, 4.69) is 18.7 Å². The quantitative estimate of drug-likeness (QED) is 0.750. The van der Waals surface area contributed by atoms with Crippen LogP contribution in [0.2, 0.25) is 0 Å². The molecule has 0 aliphatic carbocycles. The summed E-state index contributed by atoms with van der Waals surface area (Å²) in [6.45, 7) is 7.37. The molecular weight excluding hydrogens is 316 g/mol. The molecule has 1 atom stereocenters. The van der Waals surface area contributed by atoms with Crippen molar-refractivity contribution in [1.82, 2.24) is 9.21 Å². The Morgan fingerprint density at radius 1 is 1.40 bits per heavy atom. The van der Waals surface area contributed by atoms with Crippen molar-refractivity contribution in [1.29, 1.82) is 0 Å². The van der Waals surface area contributed by atoms with E-state index in [1.807, 2.05) is 0 Å². The number of alkyl halides is 1. The maximum Gasteiger partial charge on any atom is 0.252 e. The Kier molecular flexibility index (Phi) is 5.48. The van der Waals surface area contributed by atoms with Crippen LogP contribution in [0.15, 0.2) is 16.3 Å². The minimum absolute atomic E-state index is 0.340. The zero-order chi connectivity index (χ0) is 14.8. The van der Waals surface area contributed by atoms with Gasteiger partial charge in [0.05, 0.1) is 5.88 Å². The number of likely N-dealkylation sites (N-methyl/N-ethyl adjacent to an activating group) is 1. The van der Waals surface area contributed by atoms with E-state index in [9.17, 15) is 8.42 Å². The molecule has 1 aliphatic heterocycles. The highest BCUT2D eigenvalue weighted by atomic mass is 35.5. The first kappa shape index (κ1) is 16.2. The Labute approximate surface area is 130 Å². The standard InChI is InChI=1S/C13H21ClN2O2S2/c1-3-15(4-2)11-7-8-16(10-11)20(17,18)13-6-5-12(9-14)19-13/h5-6,11H,3-4,7-10H2,1-2H3. The van der Waals surface area contributed by atoms with Crippen LogP contribution in [-0.2, 0) is 15.9 Å². The minimum Gasteiger partial charge on any atom is -0.300 e. The van der Waals surface area contributed by atoms with Gasteiger partial charge in [0.15, 0.2) is 0 Å². The Bertz CT molecular complexity index is 540. The minimum atomic E-state index is -3.34. The number of hydrogen-bond acceptors (Lipinski definition) is 4. The fourth-order valence-corrected chi connectivity index (χ4v) is 5.77. The van der Waals surface area contributed by atoms with E-state index in [-0.39, 0.29) is 0 Å². The summed E-state index contributed by atoms with van der Waals surface area (Å²) in [6.07, 6.45) is 0.911. The third-order valence-corrected chi connectivity index (χ3v) is 7.68. The molecule has 0 spiro atoms. The smallest absolute Gasteiger partial charge is 0.252 e. The van der Waals surface area contributed by atoms with Gasteiger partial charge in [-0.2, -0.15) is 4.31 Å². The van der Waals surface area contributed by atoms with Gasteiger partial charge in [0.25, 0.3) is 10.0 Å². The molecule has 1 saturated heterocycles. The topological polar surface area (TPSA) is 40.6 Å². The second kappa shape index (κ2) is 6.75.